The molecule has 0 heterocycles. The highest BCUT2D eigenvalue weighted by Gasteiger charge is 2.34. The van der Waals surface area contributed by atoms with Crippen LogP contribution in [0.2, 0.25) is 0 Å². The summed E-state index contributed by atoms with van der Waals surface area (Å²) in [5.41, 5.74) is -0.169. The molecule has 3 heteroatoms. The van der Waals surface area contributed by atoms with Crippen molar-refractivity contribution in [2.45, 2.75) is 45.4 Å². The topological polar surface area (TPSA) is 42.2 Å². The van der Waals surface area contributed by atoms with E-state index >= 15 is 0 Å². The first-order valence-electron chi connectivity index (χ1n) is 7.89. The molecule has 3 nitrogen and oxygen atoms in total. The summed E-state index contributed by atoms with van der Waals surface area (Å²) in [5, 5.41) is 9.54. The Bertz CT molecular complexity index is 467. The lowest BCUT2D eigenvalue weighted by Crippen LogP contribution is -2.27. The Kier molecular flexibility index (Phi) is 5.50. The second-order valence-electron chi connectivity index (χ2n) is 6.02. The van der Waals surface area contributed by atoms with Gasteiger partial charge < -0.3 is 9.47 Å². The zero-order chi connectivity index (χ0) is 15.1. The molecule has 0 spiro atoms. The molecule has 0 unspecified atom stereocenters. The molecule has 0 aromatic heterocycles. The molecule has 0 radical (unpaired) electrons. The molecule has 0 atom stereocenters. The van der Waals surface area contributed by atoms with Crippen LogP contribution in [0.5, 0.6) is 11.5 Å². The molecule has 1 aliphatic carbocycles. The highest BCUT2D eigenvalue weighted by atomic mass is 16.5. The van der Waals surface area contributed by atoms with Gasteiger partial charge in [-0.05, 0) is 55.9 Å². The summed E-state index contributed by atoms with van der Waals surface area (Å²) in [6.45, 7) is 2.85. The van der Waals surface area contributed by atoms with E-state index in [4.69, 9.17) is 9.47 Å². The predicted octanol–water partition coefficient (Wildman–Crippen LogP) is 4.57. The summed E-state index contributed by atoms with van der Waals surface area (Å²) < 4.78 is 10.9. The van der Waals surface area contributed by atoms with E-state index < -0.39 is 0 Å². The molecule has 0 bridgehead atoms. The van der Waals surface area contributed by atoms with E-state index in [1.54, 1.807) is 7.11 Å². The van der Waals surface area contributed by atoms with Gasteiger partial charge in [-0.1, -0.05) is 13.3 Å². The van der Waals surface area contributed by atoms with Crippen molar-refractivity contribution < 1.29 is 9.47 Å². The molecule has 1 fully saturated rings. The average molecular weight is 287 g/mol. The summed E-state index contributed by atoms with van der Waals surface area (Å²) in [6, 6.07) is 10.2. The molecule has 21 heavy (non-hydrogen) atoms. The SMILES string of the molecule is CCC1CCC(C#N)(CCOc2ccc(OC)cc2)CC1. The maximum Gasteiger partial charge on any atom is 0.119 e. The minimum Gasteiger partial charge on any atom is -0.497 e. The fraction of sp³-hybridized carbons (Fsp3) is 0.611. The molecule has 0 saturated heterocycles. The number of hydrogen-bond acceptors (Lipinski definition) is 3. The molecule has 0 aliphatic heterocycles. The number of nitrogens with zero attached hydrogens (tertiary/aromatic N) is 1. The van der Waals surface area contributed by atoms with Crippen molar-refractivity contribution in [1.82, 2.24) is 0 Å². The van der Waals surface area contributed by atoms with E-state index in [9.17, 15) is 5.26 Å². The van der Waals surface area contributed by atoms with E-state index in [2.05, 4.69) is 13.0 Å². The summed E-state index contributed by atoms with van der Waals surface area (Å²) in [5.74, 6) is 2.48. The maximum absolute atomic E-state index is 9.54. The Morgan fingerprint density at radius 1 is 1.19 bits per heavy atom. The van der Waals surface area contributed by atoms with Crippen LogP contribution in [0.3, 0.4) is 0 Å². The molecule has 1 aliphatic rings. The fourth-order valence-corrected chi connectivity index (χ4v) is 3.09. The molecule has 114 valence electrons. The lowest BCUT2D eigenvalue weighted by molar-refractivity contribution is 0.161. The summed E-state index contributed by atoms with van der Waals surface area (Å²) in [6.07, 6.45) is 6.48. The van der Waals surface area contributed by atoms with E-state index in [1.807, 2.05) is 24.3 Å². The van der Waals surface area contributed by atoms with Gasteiger partial charge in [-0.3, -0.25) is 0 Å². The third kappa shape index (κ3) is 4.14. The van der Waals surface area contributed by atoms with Crippen LogP contribution in [0, 0.1) is 22.7 Å². The van der Waals surface area contributed by atoms with Crippen molar-refractivity contribution >= 4 is 0 Å². The molecule has 1 aromatic rings. The minimum absolute atomic E-state index is 0.169. The first kappa shape index (κ1) is 15.7. The van der Waals surface area contributed by atoms with E-state index in [-0.39, 0.29) is 5.41 Å². The minimum atomic E-state index is -0.169. The zero-order valence-corrected chi connectivity index (χ0v) is 13.1. The zero-order valence-electron chi connectivity index (χ0n) is 13.1. The van der Waals surface area contributed by atoms with Crippen LogP contribution < -0.4 is 9.47 Å². The van der Waals surface area contributed by atoms with Gasteiger partial charge in [-0.2, -0.15) is 5.26 Å². The van der Waals surface area contributed by atoms with Gasteiger partial charge in [-0.15, -0.1) is 0 Å². The number of rotatable bonds is 6. The molecule has 0 amide bonds. The highest BCUT2D eigenvalue weighted by Crippen LogP contribution is 2.42. The molecule has 1 saturated carbocycles. The van der Waals surface area contributed by atoms with Crippen LogP contribution in [0.25, 0.3) is 0 Å². The Labute approximate surface area is 127 Å². The van der Waals surface area contributed by atoms with Gasteiger partial charge in [0, 0.05) is 6.42 Å². The van der Waals surface area contributed by atoms with Crippen molar-refractivity contribution in [3.63, 3.8) is 0 Å². The quantitative estimate of drug-likeness (QED) is 0.769. The second-order valence-corrected chi connectivity index (χ2v) is 6.02. The Morgan fingerprint density at radius 3 is 2.33 bits per heavy atom. The van der Waals surface area contributed by atoms with E-state index in [0.29, 0.717) is 6.61 Å². The molecular formula is C18H25NO2. The van der Waals surface area contributed by atoms with Gasteiger partial charge in [0.2, 0.25) is 0 Å². The number of methoxy groups -OCH3 is 1. The van der Waals surface area contributed by atoms with Gasteiger partial charge in [0.25, 0.3) is 0 Å². The third-order valence-corrected chi connectivity index (χ3v) is 4.79. The number of ether oxygens (including phenoxy) is 2. The number of nitriles is 1. The summed E-state index contributed by atoms with van der Waals surface area (Å²) in [4.78, 5) is 0. The standard InChI is InChI=1S/C18H25NO2/c1-3-15-8-10-18(14-19,11-9-15)12-13-21-17-6-4-16(20-2)5-7-17/h4-7,15H,3,8-13H2,1-2H3. The lowest BCUT2D eigenvalue weighted by atomic mass is 9.69. The average Bonchev–Trinajstić information content (AvgIpc) is 2.56. The van der Waals surface area contributed by atoms with Gasteiger partial charge in [0.1, 0.15) is 11.5 Å². The second kappa shape index (κ2) is 7.36. The normalized spacial score (nSPS) is 25.1. The van der Waals surface area contributed by atoms with Crippen LogP contribution in [-0.4, -0.2) is 13.7 Å². The lowest BCUT2D eigenvalue weighted by Gasteiger charge is -2.34. The maximum atomic E-state index is 9.54. The van der Waals surface area contributed by atoms with E-state index in [1.165, 1.54) is 19.3 Å². The molecular weight excluding hydrogens is 262 g/mol. The van der Waals surface area contributed by atoms with Crippen molar-refractivity contribution in [3.8, 4) is 17.6 Å². The molecule has 0 N–H and O–H groups in total. The fourth-order valence-electron chi connectivity index (χ4n) is 3.09. The van der Waals surface area contributed by atoms with Crippen LogP contribution in [-0.2, 0) is 0 Å². The van der Waals surface area contributed by atoms with Gasteiger partial charge >= 0.3 is 0 Å². The smallest absolute Gasteiger partial charge is 0.119 e. The van der Waals surface area contributed by atoms with Crippen LogP contribution >= 0.6 is 0 Å². The number of hydrogen-bond donors (Lipinski definition) is 0. The van der Waals surface area contributed by atoms with Gasteiger partial charge in [0.15, 0.2) is 0 Å². The number of benzene rings is 1. The highest BCUT2D eigenvalue weighted by molar-refractivity contribution is 5.31. The van der Waals surface area contributed by atoms with Crippen LogP contribution in [0.1, 0.15) is 45.4 Å². The first-order chi connectivity index (χ1) is 10.2. The van der Waals surface area contributed by atoms with Crippen LogP contribution in [0.4, 0.5) is 0 Å². The molecule has 2 rings (SSSR count). The third-order valence-electron chi connectivity index (χ3n) is 4.79. The first-order valence-corrected chi connectivity index (χ1v) is 7.89. The van der Waals surface area contributed by atoms with E-state index in [0.717, 1.165) is 36.7 Å². The molecule has 1 aromatic carbocycles. The van der Waals surface area contributed by atoms with Gasteiger partial charge in [-0.25, -0.2) is 0 Å². The predicted molar refractivity (Wildman–Crippen MR) is 83.4 cm³/mol. The Hall–Kier alpha value is -1.69. The van der Waals surface area contributed by atoms with Crippen LogP contribution in [0.15, 0.2) is 24.3 Å². The van der Waals surface area contributed by atoms with Crippen molar-refractivity contribution in [3.05, 3.63) is 24.3 Å². The van der Waals surface area contributed by atoms with Crippen molar-refractivity contribution in [2.75, 3.05) is 13.7 Å². The Balaban J connectivity index is 1.82. The summed E-state index contributed by atoms with van der Waals surface area (Å²) in [7, 11) is 1.65. The van der Waals surface area contributed by atoms with Gasteiger partial charge in [0.05, 0.1) is 25.2 Å². The van der Waals surface area contributed by atoms with Crippen molar-refractivity contribution in [1.29, 1.82) is 5.26 Å². The van der Waals surface area contributed by atoms with Crippen molar-refractivity contribution in [2.24, 2.45) is 11.3 Å². The largest absolute Gasteiger partial charge is 0.497 e. The monoisotopic (exact) mass is 287 g/mol. The Morgan fingerprint density at radius 2 is 1.81 bits per heavy atom. The summed E-state index contributed by atoms with van der Waals surface area (Å²) >= 11 is 0.